The molecule has 1 atom stereocenters. The number of methoxy groups -OCH3 is 1. The lowest BCUT2D eigenvalue weighted by molar-refractivity contribution is -0.116. The molecule has 0 saturated carbocycles. The summed E-state index contributed by atoms with van der Waals surface area (Å²) >= 11 is 0. The molecule has 0 saturated heterocycles. The first-order chi connectivity index (χ1) is 5.00. The van der Waals surface area contributed by atoms with Crippen LogP contribution < -0.4 is 5.73 Å². The molecule has 0 fully saturated rings. The average Bonchev–Trinajstić information content (AvgIpc) is 1.88. The summed E-state index contributed by atoms with van der Waals surface area (Å²) in [5.74, 6) is -0.273. The van der Waals surface area contributed by atoms with Crippen molar-refractivity contribution in [2.24, 2.45) is 11.7 Å². The first-order valence-corrected chi connectivity index (χ1v) is 3.52. The molecule has 0 rings (SSSR count). The summed E-state index contributed by atoms with van der Waals surface area (Å²) in [5, 5.41) is 0. The van der Waals surface area contributed by atoms with Gasteiger partial charge in [0.25, 0.3) is 0 Å². The summed E-state index contributed by atoms with van der Waals surface area (Å²) in [5.41, 5.74) is 5.37. The van der Waals surface area contributed by atoms with E-state index in [1.165, 1.54) is 0 Å². The van der Waals surface area contributed by atoms with Crippen LogP contribution in [0.3, 0.4) is 0 Å². The highest BCUT2D eigenvalue weighted by Gasteiger charge is 2.19. The molecule has 0 heterocycles. The van der Waals surface area contributed by atoms with Gasteiger partial charge in [0.2, 0.25) is 5.91 Å². The fourth-order valence-corrected chi connectivity index (χ4v) is 0.957. The van der Waals surface area contributed by atoms with Crippen molar-refractivity contribution in [1.29, 1.82) is 0 Å². The minimum absolute atomic E-state index is 0.222. The molecule has 1 amide bonds. The second-order valence-corrected chi connectivity index (χ2v) is 2.79. The Balaban J connectivity index is 4.26. The minimum atomic E-state index is -0.495. The van der Waals surface area contributed by atoms with E-state index in [4.69, 9.17) is 10.5 Å². The van der Waals surface area contributed by atoms with Crippen molar-refractivity contribution in [1.82, 2.24) is 0 Å². The molecule has 0 aromatic carbocycles. The number of carbonyl (C=O) groups is 1. The second kappa shape index (κ2) is 4.13. The van der Waals surface area contributed by atoms with Crippen LogP contribution in [0.1, 0.15) is 13.8 Å². The van der Waals surface area contributed by atoms with E-state index >= 15 is 0 Å². The molecule has 3 nitrogen and oxygen atoms in total. The van der Waals surface area contributed by atoms with Gasteiger partial charge in [0, 0.05) is 12.7 Å². The topological polar surface area (TPSA) is 52.3 Å². The Labute approximate surface area is 67.2 Å². The molecule has 0 aliphatic carbocycles. The van der Waals surface area contributed by atoms with Gasteiger partial charge >= 0.3 is 0 Å². The highest BCUT2D eigenvalue weighted by Crippen LogP contribution is 2.12. The largest absolute Gasteiger partial charge is 0.376 e. The smallest absolute Gasteiger partial charge is 0.246 e. The standard InChI is InChI=1S/C8H15NO2/c1-5(2)7(11-4)6(3)8(9)10/h5,7H,3H2,1-2,4H3,(H2,9,10)/t7-/m1/s1. The quantitative estimate of drug-likeness (QED) is 0.611. The van der Waals surface area contributed by atoms with E-state index in [0.29, 0.717) is 5.57 Å². The summed E-state index contributed by atoms with van der Waals surface area (Å²) in [4.78, 5) is 10.6. The first kappa shape index (κ1) is 10.2. The second-order valence-electron chi connectivity index (χ2n) is 2.79. The van der Waals surface area contributed by atoms with Crippen molar-refractivity contribution in [2.75, 3.05) is 7.11 Å². The van der Waals surface area contributed by atoms with Crippen LogP contribution in [-0.2, 0) is 9.53 Å². The molecule has 0 aromatic rings. The summed E-state index contributed by atoms with van der Waals surface area (Å²) in [6, 6.07) is 0. The summed E-state index contributed by atoms with van der Waals surface area (Å²) < 4.78 is 5.03. The monoisotopic (exact) mass is 157 g/mol. The van der Waals surface area contributed by atoms with Crippen LogP contribution in [0.15, 0.2) is 12.2 Å². The Morgan fingerprint density at radius 2 is 2.00 bits per heavy atom. The third-order valence-corrected chi connectivity index (χ3v) is 1.52. The molecule has 0 bridgehead atoms. The maximum absolute atomic E-state index is 10.6. The van der Waals surface area contributed by atoms with E-state index in [9.17, 15) is 4.79 Å². The van der Waals surface area contributed by atoms with Gasteiger partial charge in [0.15, 0.2) is 0 Å². The number of hydrogen-bond acceptors (Lipinski definition) is 2. The molecule has 3 heteroatoms. The molecule has 11 heavy (non-hydrogen) atoms. The highest BCUT2D eigenvalue weighted by atomic mass is 16.5. The Morgan fingerprint density at radius 1 is 1.55 bits per heavy atom. The molecule has 0 unspecified atom stereocenters. The van der Waals surface area contributed by atoms with Gasteiger partial charge in [-0.3, -0.25) is 4.79 Å². The Bertz CT molecular complexity index is 163. The van der Waals surface area contributed by atoms with Crippen LogP contribution in [0.25, 0.3) is 0 Å². The van der Waals surface area contributed by atoms with Crippen LogP contribution in [0.5, 0.6) is 0 Å². The molecule has 0 radical (unpaired) electrons. The van der Waals surface area contributed by atoms with Gasteiger partial charge in [-0.2, -0.15) is 0 Å². The van der Waals surface area contributed by atoms with Crippen LogP contribution in [0.2, 0.25) is 0 Å². The fourth-order valence-electron chi connectivity index (χ4n) is 0.957. The van der Waals surface area contributed by atoms with Gasteiger partial charge in [-0.15, -0.1) is 0 Å². The van der Waals surface area contributed by atoms with E-state index in [-0.39, 0.29) is 12.0 Å². The number of rotatable bonds is 4. The molecule has 2 N–H and O–H groups in total. The van der Waals surface area contributed by atoms with Gasteiger partial charge in [0.1, 0.15) is 0 Å². The zero-order chi connectivity index (χ0) is 9.02. The van der Waals surface area contributed by atoms with Crippen LogP contribution in [-0.4, -0.2) is 19.1 Å². The molecular formula is C8H15NO2. The normalized spacial score (nSPS) is 13.1. The SMILES string of the molecule is C=C(C(N)=O)[C@H](OC)C(C)C. The molecule has 0 aromatic heterocycles. The third-order valence-electron chi connectivity index (χ3n) is 1.52. The summed E-state index contributed by atoms with van der Waals surface area (Å²) in [7, 11) is 1.54. The maximum Gasteiger partial charge on any atom is 0.246 e. The lowest BCUT2D eigenvalue weighted by Gasteiger charge is -2.19. The Morgan fingerprint density at radius 3 is 2.09 bits per heavy atom. The number of hydrogen-bond donors (Lipinski definition) is 1. The van der Waals surface area contributed by atoms with E-state index in [1.54, 1.807) is 7.11 Å². The van der Waals surface area contributed by atoms with Gasteiger partial charge in [-0.25, -0.2) is 0 Å². The minimum Gasteiger partial charge on any atom is -0.376 e. The van der Waals surface area contributed by atoms with E-state index in [2.05, 4.69) is 6.58 Å². The van der Waals surface area contributed by atoms with Crippen molar-refractivity contribution in [3.05, 3.63) is 12.2 Å². The summed E-state index contributed by atoms with van der Waals surface area (Å²) in [6.07, 6.45) is -0.257. The number of primary amides is 1. The van der Waals surface area contributed by atoms with Crippen LogP contribution in [0.4, 0.5) is 0 Å². The lowest BCUT2D eigenvalue weighted by atomic mass is 10.00. The predicted molar refractivity (Wildman–Crippen MR) is 44.0 cm³/mol. The highest BCUT2D eigenvalue weighted by molar-refractivity contribution is 5.92. The molecule has 64 valence electrons. The Kier molecular flexibility index (Phi) is 3.82. The van der Waals surface area contributed by atoms with E-state index < -0.39 is 5.91 Å². The van der Waals surface area contributed by atoms with Crippen molar-refractivity contribution in [2.45, 2.75) is 20.0 Å². The zero-order valence-corrected chi connectivity index (χ0v) is 7.26. The first-order valence-electron chi connectivity index (χ1n) is 3.52. The zero-order valence-electron chi connectivity index (χ0n) is 7.26. The summed E-state index contributed by atoms with van der Waals surface area (Å²) in [6.45, 7) is 7.44. The molecule has 0 aliphatic rings. The van der Waals surface area contributed by atoms with Gasteiger partial charge in [-0.05, 0) is 5.92 Å². The van der Waals surface area contributed by atoms with Crippen molar-refractivity contribution in [3.8, 4) is 0 Å². The van der Waals surface area contributed by atoms with Crippen molar-refractivity contribution < 1.29 is 9.53 Å². The number of nitrogens with two attached hydrogens (primary N) is 1. The average molecular weight is 157 g/mol. The van der Waals surface area contributed by atoms with E-state index in [0.717, 1.165) is 0 Å². The van der Waals surface area contributed by atoms with Gasteiger partial charge in [0.05, 0.1) is 6.10 Å². The lowest BCUT2D eigenvalue weighted by Crippen LogP contribution is -2.28. The van der Waals surface area contributed by atoms with E-state index in [1.807, 2.05) is 13.8 Å². The number of amides is 1. The van der Waals surface area contributed by atoms with Crippen molar-refractivity contribution >= 4 is 5.91 Å². The third kappa shape index (κ3) is 2.72. The molecule has 0 aliphatic heterocycles. The number of ether oxygens (including phenoxy) is 1. The molecular weight excluding hydrogens is 142 g/mol. The maximum atomic E-state index is 10.6. The fraction of sp³-hybridized carbons (Fsp3) is 0.625. The molecule has 0 spiro atoms. The Hall–Kier alpha value is -0.830. The van der Waals surface area contributed by atoms with Crippen molar-refractivity contribution in [3.63, 3.8) is 0 Å². The van der Waals surface area contributed by atoms with Crippen LogP contribution in [0, 0.1) is 5.92 Å². The van der Waals surface area contributed by atoms with Crippen LogP contribution >= 0.6 is 0 Å². The number of carbonyl (C=O) groups excluding carboxylic acids is 1. The predicted octanol–water partition coefficient (Wildman–Crippen LogP) is 0.699. The van der Waals surface area contributed by atoms with Gasteiger partial charge in [-0.1, -0.05) is 20.4 Å². The van der Waals surface area contributed by atoms with Gasteiger partial charge < -0.3 is 10.5 Å².